The number of piperidine rings is 1. The van der Waals surface area contributed by atoms with Crippen LogP contribution in [-0.2, 0) is 0 Å². The number of nitrogen functional groups attached to an aromatic ring is 1. The van der Waals surface area contributed by atoms with E-state index in [9.17, 15) is 4.79 Å². The second-order valence-electron chi connectivity index (χ2n) is 6.25. The van der Waals surface area contributed by atoms with Crippen molar-refractivity contribution in [3.63, 3.8) is 0 Å². The molecule has 1 aliphatic heterocycles. The Morgan fingerprint density at radius 2 is 2.05 bits per heavy atom. The average molecular weight is 307 g/mol. The van der Waals surface area contributed by atoms with Crippen molar-refractivity contribution in [1.82, 2.24) is 4.90 Å². The molecule has 3 rings (SSSR count). The minimum Gasteiger partial charge on any atom is -0.397 e. The first-order valence-corrected chi connectivity index (χ1v) is 8.87. The van der Waals surface area contributed by atoms with Crippen LogP contribution in [0.4, 0.5) is 10.7 Å². The van der Waals surface area contributed by atoms with Gasteiger partial charge in [0.15, 0.2) is 5.78 Å². The van der Waals surface area contributed by atoms with E-state index in [1.165, 1.54) is 50.8 Å². The van der Waals surface area contributed by atoms with Crippen molar-refractivity contribution in [1.29, 1.82) is 0 Å². The first-order valence-electron chi connectivity index (χ1n) is 8.06. The van der Waals surface area contributed by atoms with Gasteiger partial charge in [-0.2, -0.15) is 0 Å². The molecule has 1 aliphatic carbocycles. The van der Waals surface area contributed by atoms with Crippen LogP contribution in [0.5, 0.6) is 0 Å². The second-order valence-corrected chi connectivity index (χ2v) is 7.27. The van der Waals surface area contributed by atoms with E-state index >= 15 is 0 Å². The molecule has 2 heterocycles. The maximum Gasteiger partial charge on any atom is 0.171 e. The third kappa shape index (κ3) is 3.40. The Balaban J connectivity index is 1.64. The molecular formula is C16H25N3OS. The SMILES string of the molecule is CC(=O)c1sc(NCCN2CCCCC2)c(C2CC2)c1N. The number of hydrogen-bond donors (Lipinski definition) is 2. The molecule has 3 N–H and O–H groups in total. The van der Waals surface area contributed by atoms with Crippen LogP contribution in [0.25, 0.3) is 0 Å². The van der Waals surface area contributed by atoms with Crippen LogP contribution in [0.15, 0.2) is 0 Å². The van der Waals surface area contributed by atoms with E-state index in [4.69, 9.17) is 5.73 Å². The number of carbonyl (C=O) groups excluding carboxylic acids is 1. The molecule has 0 spiro atoms. The van der Waals surface area contributed by atoms with Gasteiger partial charge in [0, 0.05) is 25.6 Å². The molecule has 1 aromatic rings. The number of anilines is 2. The van der Waals surface area contributed by atoms with Crippen LogP contribution in [0.3, 0.4) is 0 Å². The predicted octanol–water partition coefficient (Wildman–Crippen LogP) is 3.31. The number of nitrogens with two attached hydrogens (primary N) is 1. The Morgan fingerprint density at radius 1 is 1.33 bits per heavy atom. The minimum absolute atomic E-state index is 0.0866. The van der Waals surface area contributed by atoms with Crippen LogP contribution >= 0.6 is 11.3 Å². The zero-order valence-electron chi connectivity index (χ0n) is 12.8. The number of likely N-dealkylation sites (tertiary alicyclic amines) is 1. The highest BCUT2D eigenvalue weighted by atomic mass is 32.1. The zero-order valence-corrected chi connectivity index (χ0v) is 13.6. The zero-order chi connectivity index (χ0) is 14.8. The van der Waals surface area contributed by atoms with E-state index in [-0.39, 0.29) is 5.78 Å². The van der Waals surface area contributed by atoms with Gasteiger partial charge in [0.2, 0.25) is 0 Å². The summed E-state index contributed by atoms with van der Waals surface area (Å²) in [5, 5.41) is 4.68. The van der Waals surface area contributed by atoms with Crippen molar-refractivity contribution in [2.75, 3.05) is 37.2 Å². The highest BCUT2D eigenvalue weighted by Crippen LogP contribution is 2.50. The Labute approximate surface area is 130 Å². The lowest BCUT2D eigenvalue weighted by Gasteiger charge is -2.26. The quantitative estimate of drug-likeness (QED) is 0.792. The highest BCUT2D eigenvalue weighted by Gasteiger charge is 2.32. The van der Waals surface area contributed by atoms with E-state index in [0.29, 0.717) is 5.92 Å². The summed E-state index contributed by atoms with van der Waals surface area (Å²) >= 11 is 1.54. The molecule has 5 heteroatoms. The predicted molar refractivity (Wildman–Crippen MR) is 89.5 cm³/mol. The van der Waals surface area contributed by atoms with E-state index in [1.807, 2.05) is 0 Å². The molecule has 0 amide bonds. The van der Waals surface area contributed by atoms with Gasteiger partial charge >= 0.3 is 0 Å². The maximum absolute atomic E-state index is 11.7. The summed E-state index contributed by atoms with van der Waals surface area (Å²) in [6.45, 7) is 6.08. The smallest absolute Gasteiger partial charge is 0.171 e. The molecule has 2 fully saturated rings. The van der Waals surface area contributed by atoms with Crippen molar-refractivity contribution in [2.45, 2.75) is 44.9 Å². The summed E-state index contributed by atoms with van der Waals surface area (Å²) in [5.41, 5.74) is 8.14. The van der Waals surface area contributed by atoms with Crippen molar-refractivity contribution in [2.24, 2.45) is 0 Å². The lowest BCUT2D eigenvalue weighted by Crippen LogP contribution is -2.33. The summed E-state index contributed by atoms with van der Waals surface area (Å²) in [6, 6.07) is 0. The third-order valence-corrected chi connectivity index (χ3v) is 5.73. The van der Waals surface area contributed by atoms with Gasteiger partial charge in [-0.25, -0.2) is 0 Å². The molecule has 1 aromatic heterocycles. The van der Waals surface area contributed by atoms with Crippen molar-refractivity contribution in [3.8, 4) is 0 Å². The molecule has 1 saturated carbocycles. The number of nitrogens with zero attached hydrogens (tertiary/aromatic N) is 1. The molecule has 0 bridgehead atoms. The lowest BCUT2D eigenvalue weighted by atomic mass is 10.1. The third-order valence-electron chi connectivity index (χ3n) is 4.45. The maximum atomic E-state index is 11.7. The summed E-state index contributed by atoms with van der Waals surface area (Å²) in [4.78, 5) is 14.9. The first-order chi connectivity index (χ1) is 10.2. The average Bonchev–Trinajstić information content (AvgIpc) is 3.24. The highest BCUT2D eigenvalue weighted by molar-refractivity contribution is 7.18. The topological polar surface area (TPSA) is 58.4 Å². The van der Waals surface area contributed by atoms with Gasteiger partial charge in [-0.05, 0) is 44.7 Å². The van der Waals surface area contributed by atoms with Gasteiger partial charge in [0.05, 0.1) is 15.6 Å². The fourth-order valence-electron chi connectivity index (χ4n) is 3.14. The monoisotopic (exact) mass is 307 g/mol. The lowest BCUT2D eigenvalue weighted by molar-refractivity contribution is 0.102. The summed E-state index contributed by atoms with van der Waals surface area (Å²) in [5.74, 6) is 0.662. The van der Waals surface area contributed by atoms with Gasteiger partial charge in [0.25, 0.3) is 0 Å². The fourth-order valence-corrected chi connectivity index (χ4v) is 4.27. The van der Waals surface area contributed by atoms with E-state index in [1.54, 1.807) is 18.3 Å². The standard InChI is InChI=1S/C16H25N3OS/c1-11(20)15-14(17)13(12-5-6-12)16(21-15)18-7-10-19-8-3-2-4-9-19/h12,18H,2-10,17H2,1H3. The number of nitrogens with one attached hydrogen (secondary N) is 1. The van der Waals surface area contributed by atoms with Crippen molar-refractivity contribution >= 4 is 27.8 Å². The number of rotatable bonds is 6. The summed E-state index contributed by atoms with van der Waals surface area (Å²) in [7, 11) is 0. The van der Waals surface area contributed by atoms with E-state index < -0.39 is 0 Å². The Bertz CT molecular complexity index is 516. The molecule has 4 nitrogen and oxygen atoms in total. The molecule has 116 valence electrons. The number of carbonyl (C=O) groups is 1. The number of Topliss-reactive ketones (excluding diaryl/α,β-unsaturated/α-hetero) is 1. The second kappa shape index (κ2) is 6.36. The Morgan fingerprint density at radius 3 is 2.67 bits per heavy atom. The Hall–Kier alpha value is -1.07. The molecular weight excluding hydrogens is 282 g/mol. The van der Waals surface area contributed by atoms with Crippen LogP contribution in [0.1, 0.15) is 60.2 Å². The first kappa shape index (κ1) is 14.9. The molecule has 0 radical (unpaired) electrons. The molecule has 0 atom stereocenters. The van der Waals surface area contributed by atoms with Crippen LogP contribution in [0, 0.1) is 0 Å². The van der Waals surface area contributed by atoms with Crippen LogP contribution in [-0.4, -0.2) is 36.9 Å². The van der Waals surface area contributed by atoms with Crippen molar-refractivity contribution < 1.29 is 4.79 Å². The number of ketones is 1. The summed E-state index contributed by atoms with van der Waals surface area (Å²) < 4.78 is 0. The molecule has 0 unspecified atom stereocenters. The van der Waals surface area contributed by atoms with Crippen molar-refractivity contribution in [3.05, 3.63) is 10.4 Å². The molecule has 21 heavy (non-hydrogen) atoms. The van der Waals surface area contributed by atoms with Crippen LogP contribution in [0.2, 0.25) is 0 Å². The van der Waals surface area contributed by atoms with Crippen LogP contribution < -0.4 is 11.1 Å². The number of thiophene rings is 1. The molecule has 2 aliphatic rings. The largest absolute Gasteiger partial charge is 0.397 e. The normalized spacial score (nSPS) is 19.7. The van der Waals surface area contributed by atoms with Gasteiger partial charge in [-0.1, -0.05) is 6.42 Å². The molecule has 1 saturated heterocycles. The van der Waals surface area contributed by atoms with E-state index in [2.05, 4.69) is 10.2 Å². The minimum atomic E-state index is 0.0866. The molecule has 0 aromatic carbocycles. The van der Waals surface area contributed by atoms with Gasteiger partial charge < -0.3 is 16.0 Å². The van der Waals surface area contributed by atoms with Gasteiger partial charge in [0.1, 0.15) is 0 Å². The fraction of sp³-hybridized carbons (Fsp3) is 0.688. The van der Waals surface area contributed by atoms with E-state index in [0.717, 1.165) is 28.7 Å². The Kier molecular flexibility index (Phi) is 4.50. The number of hydrogen-bond acceptors (Lipinski definition) is 5. The van der Waals surface area contributed by atoms with Gasteiger partial charge in [-0.15, -0.1) is 11.3 Å². The summed E-state index contributed by atoms with van der Waals surface area (Å²) in [6.07, 6.45) is 6.44. The van der Waals surface area contributed by atoms with Gasteiger partial charge in [-0.3, -0.25) is 4.79 Å².